The first-order chi connectivity index (χ1) is 16.0. The molecule has 33 heavy (non-hydrogen) atoms. The standard InChI is InChI=1S/C23H27N7O2S/c1-4-32-20-12-8-7-11-19(20)30-23(26-27-28-30)33-14-21(31)25-22-18(13-24)15(2)16(3)29(22)17-9-5-6-10-17/h7-8,11-12,17H,4-6,9-10,14H2,1-3H3,(H,25,31). The van der Waals surface area contributed by atoms with E-state index in [9.17, 15) is 10.1 Å². The molecule has 1 aromatic carbocycles. The molecule has 0 aliphatic heterocycles. The second-order valence-electron chi connectivity index (χ2n) is 7.96. The van der Waals surface area contributed by atoms with Gasteiger partial charge in [-0.05, 0) is 61.7 Å². The van der Waals surface area contributed by atoms with Gasteiger partial charge in [-0.2, -0.15) is 9.94 Å². The first kappa shape index (κ1) is 22.9. The minimum atomic E-state index is -0.208. The van der Waals surface area contributed by atoms with Gasteiger partial charge in [-0.25, -0.2) is 0 Å². The molecule has 172 valence electrons. The van der Waals surface area contributed by atoms with E-state index < -0.39 is 0 Å². The number of benzene rings is 1. The van der Waals surface area contributed by atoms with E-state index >= 15 is 0 Å². The van der Waals surface area contributed by atoms with Crippen molar-refractivity contribution in [1.82, 2.24) is 24.8 Å². The Labute approximate surface area is 197 Å². The van der Waals surface area contributed by atoms with E-state index in [2.05, 4.69) is 31.5 Å². The second kappa shape index (κ2) is 10.1. The molecule has 4 rings (SSSR count). The van der Waals surface area contributed by atoms with Gasteiger partial charge in [0.1, 0.15) is 23.3 Å². The first-order valence-electron chi connectivity index (χ1n) is 11.1. The van der Waals surface area contributed by atoms with E-state index in [1.165, 1.54) is 24.6 Å². The van der Waals surface area contributed by atoms with Gasteiger partial charge in [-0.15, -0.1) is 5.10 Å². The number of hydrogen-bond acceptors (Lipinski definition) is 7. The Morgan fingerprint density at radius 2 is 2.06 bits per heavy atom. The Morgan fingerprint density at radius 1 is 1.30 bits per heavy atom. The zero-order valence-electron chi connectivity index (χ0n) is 19.0. The van der Waals surface area contributed by atoms with Crippen LogP contribution < -0.4 is 10.1 Å². The van der Waals surface area contributed by atoms with Crippen LogP contribution in [-0.2, 0) is 4.79 Å². The summed E-state index contributed by atoms with van der Waals surface area (Å²) in [5.74, 6) is 1.17. The van der Waals surface area contributed by atoms with Crippen LogP contribution in [0.2, 0.25) is 0 Å². The lowest BCUT2D eigenvalue weighted by Gasteiger charge is -2.19. The van der Waals surface area contributed by atoms with Crippen LogP contribution in [-0.4, -0.2) is 43.0 Å². The number of nitrogens with zero attached hydrogens (tertiary/aromatic N) is 6. The summed E-state index contributed by atoms with van der Waals surface area (Å²) in [6, 6.07) is 10.1. The lowest BCUT2D eigenvalue weighted by molar-refractivity contribution is -0.113. The van der Waals surface area contributed by atoms with Crippen molar-refractivity contribution in [3.63, 3.8) is 0 Å². The number of ether oxygens (including phenoxy) is 1. The van der Waals surface area contributed by atoms with Gasteiger partial charge in [0, 0.05) is 11.7 Å². The topological polar surface area (TPSA) is 111 Å². The summed E-state index contributed by atoms with van der Waals surface area (Å²) in [4.78, 5) is 12.9. The molecule has 1 aliphatic rings. The fourth-order valence-corrected chi connectivity index (χ4v) is 5.02. The average Bonchev–Trinajstić information content (AvgIpc) is 3.54. The number of anilines is 1. The molecule has 0 bridgehead atoms. The van der Waals surface area contributed by atoms with Gasteiger partial charge in [0.05, 0.1) is 17.9 Å². The summed E-state index contributed by atoms with van der Waals surface area (Å²) in [5, 5.41) is 25.2. The molecule has 9 nitrogen and oxygen atoms in total. The van der Waals surface area contributed by atoms with Gasteiger partial charge in [-0.1, -0.05) is 36.7 Å². The predicted molar refractivity (Wildman–Crippen MR) is 126 cm³/mol. The zero-order chi connectivity index (χ0) is 23.4. The Hall–Kier alpha value is -3.32. The van der Waals surface area contributed by atoms with Crippen LogP contribution in [0.5, 0.6) is 5.75 Å². The largest absolute Gasteiger partial charge is 0.492 e. The minimum absolute atomic E-state index is 0.107. The summed E-state index contributed by atoms with van der Waals surface area (Å²) >= 11 is 1.23. The molecule has 2 heterocycles. The quantitative estimate of drug-likeness (QED) is 0.496. The highest BCUT2D eigenvalue weighted by atomic mass is 32.2. The molecule has 0 radical (unpaired) electrons. The van der Waals surface area contributed by atoms with E-state index in [-0.39, 0.29) is 11.7 Å². The number of hydrogen-bond donors (Lipinski definition) is 1. The maximum Gasteiger partial charge on any atom is 0.235 e. The molecule has 0 saturated heterocycles. The fourth-order valence-electron chi connectivity index (χ4n) is 4.33. The molecule has 2 aromatic heterocycles. The number of nitrogens with one attached hydrogen (secondary N) is 1. The van der Waals surface area contributed by atoms with Gasteiger partial charge >= 0.3 is 0 Å². The Morgan fingerprint density at radius 3 is 2.79 bits per heavy atom. The number of thioether (sulfide) groups is 1. The van der Waals surface area contributed by atoms with Crippen LogP contribution in [0.1, 0.15) is 55.5 Å². The van der Waals surface area contributed by atoms with Gasteiger partial charge in [0.25, 0.3) is 0 Å². The van der Waals surface area contributed by atoms with Crippen LogP contribution in [0, 0.1) is 25.2 Å². The van der Waals surface area contributed by atoms with Crippen molar-refractivity contribution >= 4 is 23.5 Å². The van der Waals surface area contributed by atoms with Gasteiger partial charge < -0.3 is 14.6 Å². The summed E-state index contributed by atoms with van der Waals surface area (Å²) < 4.78 is 9.40. The molecule has 3 aromatic rings. The van der Waals surface area contributed by atoms with Crippen molar-refractivity contribution in [3.8, 4) is 17.5 Å². The smallest absolute Gasteiger partial charge is 0.235 e. The van der Waals surface area contributed by atoms with Crippen molar-refractivity contribution in [2.24, 2.45) is 0 Å². The van der Waals surface area contributed by atoms with Gasteiger partial charge in [-0.3, -0.25) is 4.79 Å². The van der Waals surface area contributed by atoms with E-state index in [1.54, 1.807) is 4.68 Å². The Balaban J connectivity index is 1.52. The number of rotatable bonds is 8. The maximum absolute atomic E-state index is 12.9. The SMILES string of the molecule is CCOc1ccccc1-n1nnnc1SCC(=O)Nc1c(C#N)c(C)c(C)n1C1CCCC1. The molecule has 1 amide bonds. The van der Waals surface area contributed by atoms with Crippen LogP contribution in [0.4, 0.5) is 5.82 Å². The second-order valence-corrected chi connectivity index (χ2v) is 8.91. The van der Waals surface area contributed by atoms with Gasteiger partial charge in [0.15, 0.2) is 0 Å². The van der Waals surface area contributed by atoms with E-state index in [1.807, 2.05) is 45.0 Å². The van der Waals surface area contributed by atoms with Crippen molar-refractivity contribution in [2.75, 3.05) is 17.7 Å². The lowest BCUT2D eigenvalue weighted by atomic mass is 10.2. The number of carbonyl (C=O) groups excluding carboxylic acids is 1. The Kier molecular flexibility index (Phi) is 6.99. The van der Waals surface area contributed by atoms with Crippen LogP contribution in [0.3, 0.4) is 0 Å². The van der Waals surface area contributed by atoms with Gasteiger partial charge in [0.2, 0.25) is 11.1 Å². The van der Waals surface area contributed by atoms with Crippen molar-refractivity contribution in [3.05, 3.63) is 41.1 Å². The summed E-state index contributed by atoms with van der Waals surface area (Å²) in [5.41, 5.74) is 3.20. The predicted octanol–water partition coefficient (Wildman–Crippen LogP) is 4.20. The van der Waals surface area contributed by atoms with Crippen molar-refractivity contribution < 1.29 is 9.53 Å². The molecule has 0 spiro atoms. The third kappa shape index (κ3) is 4.59. The molecular formula is C23H27N7O2S. The third-order valence-corrected chi connectivity index (χ3v) is 6.90. The van der Waals surface area contributed by atoms with E-state index in [4.69, 9.17) is 4.74 Å². The third-order valence-electron chi connectivity index (χ3n) is 5.98. The maximum atomic E-state index is 12.9. The monoisotopic (exact) mass is 465 g/mol. The molecule has 0 atom stereocenters. The molecule has 1 N–H and O–H groups in total. The lowest BCUT2D eigenvalue weighted by Crippen LogP contribution is -2.20. The summed E-state index contributed by atoms with van der Waals surface area (Å²) in [6.45, 7) is 6.39. The Bertz CT molecular complexity index is 1190. The number of tetrazole rings is 1. The van der Waals surface area contributed by atoms with Crippen LogP contribution >= 0.6 is 11.8 Å². The number of nitriles is 1. The number of para-hydroxylation sites is 2. The molecule has 10 heteroatoms. The van der Waals surface area contributed by atoms with Crippen molar-refractivity contribution in [1.29, 1.82) is 5.26 Å². The van der Waals surface area contributed by atoms with Crippen molar-refractivity contribution in [2.45, 2.75) is 57.7 Å². The molecule has 1 saturated carbocycles. The fraction of sp³-hybridized carbons (Fsp3) is 0.435. The molecule has 0 unspecified atom stereocenters. The van der Waals surface area contributed by atoms with Crippen LogP contribution in [0.25, 0.3) is 5.69 Å². The van der Waals surface area contributed by atoms with E-state index in [0.717, 1.165) is 24.1 Å². The summed E-state index contributed by atoms with van der Waals surface area (Å²) in [7, 11) is 0. The van der Waals surface area contributed by atoms with E-state index in [0.29, 0.717) is 40.6 Å². The first-order valence-corrected chi connectivity index (χ1v) is 12.1. The molecule has 1 aliphatic carbocycles. The average molecular weight is 466 g/mol. The molecule has 1 fully saturated rings. The van der Waals surface area contributed by atoms with Crippen LogP contribution in [0.15, 0.2) is 29.4 Å². The zero-order valence-corrected chi connectivity index (χ0v) is 19.9. The minimum Gasteiger partial charge on any atom is -0.492 e. The molecular weight excluding hydrogens is 438 g/mol. The highest BCUT2D eigenvalue weighted by molar-refractivity contribution is 7.99. The highest BCUT2D eigenvalue weighted by Gasteiger charge is 2.27. The highest BCUT2D eigenvalue weighted by Crippen LogP contribution is 2.37. The number of amides is 1. The summed E-state index contributed by atoms with van der Waals surface area (Å²) in [6.07, 6.45) is 4.45. The number of carbonyl (C=O) groups is 1. The normalized spacial score (nSPS) is 13.8. The number of aromatic nitrogens is 5.